The van der Waals surface area contributed by atoms with Crippen molar-refractivity contribution < 1.29 is 52.3 Å². The van der Waals surface area contributed by atoms with Gasteiger partial charge in [0.05, 0.1) is 0 Å². The third kappa shape index (κ3) is 228. The van der Waals surface area contributed by atoms with E-state index in [2.05, 4.69) is 0 Å². The largest absolute Gasteiger partial charge is 1.00 e. The molecule has 0 saturated heterocycles. The average molecular weight is 121 g/mol. The zero-order chi connectivity index (χ0) is 3.58. The second kappa shape index (κ2) is 9.09. The van der Waals surface area contributed by atoms with E-state index in [1.165, 1.54) is 0 Å². The van der Waals surface area contributed by atoms with Gasteiger partial charge in [0, 0.05) is 0 Å². The van der Waals surface area contributed by atoms with Crippen molar-refractivity contribution in [3.63, 3.8) is 0 Å². The van der Waals surface area contributed by atoms with Crippen LogP contribution in [0.1, 0.15) is 0 Å². The predicted molar refractivity (Wildman–Crippen MR) is 8.78 cm³/mol. The summed E-state index contributed by atoms with van der Waals surface area (Å²) >= 11 is 0. The summed E-state index contributed by atoms with van der Waals surface area (Å²) in [5.74, 6) is 0. The molecule has 0 amide bonds. The standard InChI is InChI=1S/ClH.HNO3.Na/c;2-1(3)4;/h1H;(H,2,3,4);/q;;+1/p-1. The van der Waals surface area contributed by atoms with Crippen molar-refractivity contribution in [1.29, 1.82) is 0 Å². The Balaban J connectivity index is -0.0000000450. The fourth-order valence-corrected chi connectivity index (χ4v) is 0. The van der Waals surface area contributed by atoms with E-state index >= 15 is 0 Å². The third-order valence-corrected chi connectivity index (χ3v) is 0. The van der Waals surface area contributed by atoms with E-state index in [0.717, 1.165) is 0 Å². The SMILES string of the molecule is O=[N+]([O-])O.[Cl-].[Na+]. The van der Waals surface area contributed by atoms with E-state index in [4.69, 9.17) is 15.3 Å². The van der Waals surface area contributed by atoms with Gasteiger partial charge >= 0.3 is 29.6 Å². The van der Waals surface area contributed by atoms with Gasteiger partial charge in [0.25, 0.3) is 5.09 Å². The fraction of sp³-hybridized carbons (Fsp3) is 0. The van der Waals surface area contributed by atoms with Gasteiger partial charge in [0.1, 0.15) is 0 Å². The summed E-state index contributed by atoms with van der Waals surface area (Å²) in [4.78, 5) is 8.36. The van der Waals surface area contributed by atoms with E-state index in [0.29, 0.717) is 0 Å². The molecule has 0 aliphatic rings. The minimum Gasteiger partial charge on any atom is -1.00 e. The van der Waals surface area contributed by atoms with Crippen LogP contribution in [-0.2, 0) is 0 Å². The van der Waals surface area contributed by atoms with Crippen molar-refractivity contribution in [3.8, 4) is 0 Å². The van der Waals surface area contributed by atoms with Gasteiger partial charge in [-0.05, 0) is 0 Å². The van der Waals surface area contributed by atoms with Crippen molar-refractivity contribution in [2.45, 2.75) is 0 Å². The van der Waals surface area contributed by atoms with E-state index < -0.39 is 5.09 Å². The summed E-state index contributed by atoms with van der Waals surface area (Å²) in [6.45, 7) is 0. The molecule has 0 heterocycles. The molecule has 0 spiro atoms. The Labute approximate surface area is 62.3 Å². The summed E-state index contributed by atoms with van der Waals surface area (Å²) in [6, 6.07) is 0. The van der Waals surface area contributed by atoms with Crippen molar-refractivity contribution in [2.75, 3.05) is 0 Å². The maximum atomic E-state index is 8.36. The number of halogens is 1. The molecule has 6 heteroatoms. The topological polar surface area (TPSA) is 63.4 Å². The van der Waals surface area contributed by atoms with Crippen molar-refractivity contribution in [2.24, 2.45) is 0 Å². The second-order valence-corrected chi connectivity index (χ2v) is 0.238. The summed E-state index contributed by atoms with van der Waals surface area (Å²) in [7, 11) is 0. The first-order valence-electron chi connectivity index (χ1n) is 0.565. The predicted octanol–water partition coefficient (Wildman–Crippen LogP) is -6.34. The second-order valence-electron chi connectivity index (χ2n) is 0.238. The van der Waals surface area contributed by atoms with Gasteiger partial charge in [0.15, 0.2) is 0 Å². The molecule has 0 aromatic heterocycles. The summed E-state index contributed by atoms with van der Waals surface area (Å²) in [6.07, 6.45) is 0. The molecule has 0 aliphatic carbocycles. The minimum absolute atomic E-state index is 0. The van der Waals surface area contributed by atoms with Crippen LogP contribution < -0.4 is 42.0 Å². The van der Waals surface area contributed by atoms with Gasteiger partial charge in [-0.2, -0.15) is 0 Å². The number of hydrogen-bond acceptors (Lipinski definition) is 2. The Morgan fingerprint density at radius 2 is 1.67 bits per heavy atom. The molecule has 0 bridgehead atoms. The van der Waals surface area contributed by atoms with Crippen molar-refractivity contribution >= 4 is 0 Å². The van der Waals surface area contributed by atoms with Crippen molar-refractivity contribution in [1.82, 2.24) is 0 Å². The van der Waals surface area contributed by atoms with Crippen LogP contribution in [0, 0.1) is 10.1 Å². The van der Waals surface area contributed by atoms with Gasteiger partial charge in [-0.1, -0.05) is 0 Å². The van der Waals surface area contributed by atoms with E-state index in [1.54, 1.807) is 0 Å². The summed E-state index contributed by atoms with van der Waals surface area (Å²) < 4.78 is 0. The maximum Gasteiger partial charge on any atom is 1.00 e. The molecule has 6 heavy (non-hydrogen) atoms. The molecule has 32 valence electrons. The number of nitrogens with zero attached hydrogens (tertiary/aromatic N) is 1. The van der Waals surface area contributed by atoms with Crippen LogP contribution in [0.25, 0.3) is 0 Å². The van der Waals surface area contributed by atoms with Gasteiger partial charge in [-0.3, -0.25) is 0 Å². The van der Waals surface area contributed by atoms with Crippen molar-refractivity contribution in [3.05, 3.63) is 10.1 Å². The maximum absolute atomic E-state index is 8.36. The van der Waals surface area contributed by atoms with Crippen LogP contribution in [0.15, 0.2) is 0 Å². The Morgan fingerprint density at radius 1 is 1.67 bits per heavy atom. The molecule has 0 rings (SSSR count). The Bertz CT molecular complexity index is 33.8. The smallest absolute Gasteiger partial charge is 1.00 e. The molecule has 0 fully saturated rings. The Morgan fingerprint density at radius 3 is 1.67 bits per heavy atom. The van der Waals surface area contributed by atoms with Gasteiger partial charge < -0.3 is 17.6 Å². The average Bonchev–Trinajstić information content (AvgIpc) is 0.811. The van der Waals surface area contributed by atoms with Crippen LogP contribution in [-0.4, -0.2) is 10.3 Å². The van der Waals surface area contributed by atoms with Gasteiger partial charge in [-0.15, -0.1) is 10.1 Å². The fourth-order valence-electron chi connectivity index (χ4n) is 0. The molecule has 0 radical (unpaired) electrons. The van der Waals surface area contributed by atoms with Gasteiger partial charge in [-0.25, -0.2) is 0 Å². The Hall–Kier alpha value is 0.490. The molecular weight excluding hydrogens is 120 g/mol. The van der Waals surface area contributed by atoms with E-state index in [-0.39, 0.29) is 42.0 Å². The van der Waals surface area contributed by atoms with Crippen LogP contribution in [0.4, 0.5) is 0 Å². The number of hydrogen-bond donors (Lipinski definition) is 1. The molecule has 4 nitrogen and oxygen atoms in total. The van der Waals surface area contributed by atoms with Gasteiger partial charge in [0.2, 0.25) is 0 Å². The number of rotatable bonds is 0. The monoisotopic (exact) mass is 121 g/mol. The molecule has 0 aromatic rings. The normalized spacial score (nSPS) is 4.00. The first-order chi connectivity index (χ1) is 1.73. The van der Waals surface area contributed by atoms with E-state index in [1.807, 2.05) is 0 Å². The third-order valence-electron chi connectivity index (χ3n) is 0. The first kappa shape index (κ1) is 16.1. The first-order valence-corrected chi connectivity index (χ1v) is 0.565. The minimum atomic E-state index is -1.50. The zero-order valence-electron chi connectivity index (χ0n) is 3.09. The molecule has 0 unspecified atom stereocenters. The Kier molecular flexibility index (Phi) is 24.3. The van der Waals surface area contributed by atoms with Crippen LogP contribution in [0.5, 0.6) is 0 Å². The molecule has 0 saturated carbocycles. The van der Waals surface area contributed by atoms with Crippen LogP contribution in [0.2, 0.25) is 0 Å². The molecule has 0 aromatic carbocycles. The quantitative estimate of drug-likeness (QED) is 0.197. The molecular formula is HClNNaO3. The van der Waals surface area contributed by atoms with Crippen LogP contribution in [0.3, 0.4) is 0 Å². The summed E-state index contributed by atoms with van der Waals surface area (Å²) in [5, 5.41) is 13.6. The molecule has 0 aliphatic heterocycles. The van der Waals surface area contributed by atoms with Crippen LogP contribution >= 0.6 is 0 Å². The van der Waals surface area contributed by atoms with E-state index in [9.17, 15) is 0 Å². The molecule has 1 N–H and O–H groups in total. The molecule has 0 atom stereocenters. The zero-order valence-corrected chi connectivity index (χ0v) is 5.84. The summed E-state index contributed by atoms with van der Waals surface area (Å²) in [5.41, 5.74) is 0.